The van der Waals surface area contributed by atoms with Crippen molar-refractivity contribution in [1.82, 2.24) is 24.9 Å². The molecule has 3 amide bonds. The number of nitrogens with one attached hydrogen (secondary N) is 1. The predicted molar refractivity (Wildman–Crippen MR) is 148 cm³/mol. The Morgan fingerprint density at radius 3 is 2.44 bits per heavy atom. The van der Waals surface area contributed by atoms with Gasteiger partial charge in [0.25, 0.3) is 11.8 Å². The maximum absolute atomic E-state index is 13.7. The number of benzene rings is 1. The Kier molecular flexibility index (Phi) is 7.81. The average molecular weight is 537 g/mol. The molecule has 10 heteroatoms. The van der Waals surface area contributed by atoms with Crippen LogP contribution in [0, 0.1) is 0 Å². The number of methoxy groups -OCH3 is 1. The molecule has 1 saturated carbocycles. The zero-order chi connectivity index (χ0) is 27.6. The summed E-state index contributed by atoms with van der Waals surface area (Å²) in [5, 5.41) is 7.76. The highest BCUT2D eigenvalue weighted by molar-refractivity contribution is 6.02. The molecule has 1 aromatic carbocycles. The van der Waals surface area contributed by atoms with E-state index < -0.39 is 5.54 Å². The van der Waals surface area contributed by atoms with E-state index in [-0.39, 0.29) is 36.0 Å². The molecule has 2 fully saturated rings. The van der Waals surface area contributed by atoms with E-state index >= 15 is 0 Å². The number of hydrogen-bond donors (Lipinski definition) is 1. The van der Waals surface area contributed by atoms with Gasteiger partial charge in [0.2, 0.25) is 5.91 Å². The van der Waals surface area contributed by atoms with Gasteiger partial charge < -0.3 is 24.8 Å². The number of aromatic nitrogens is 2. The number of carbonyl (C=O) groups excluding carboxylic acids is 3. The second-order valence-corrected chi connectivity index (χ2v) is 11.1. The molecule has 3 heterocycles. The van der Waals surface area contributed by atoms with Crippen molar-refractivity contribution in [3.8, 4) is 5.75 Å². The molecule has 1 saturated heterocycles. The highest BCUT2D eigenvalue weighted by Gasteiger charge is 2.48. The summed E-state index contributed by atoms with van der Waals surface area (Å²) in [6.45, 7) is 7.15. The summed E-state index contributed by atoms with van der Waals surface area (Å²) in [5.74, 6) is 0.250. The number of carbonyl (C=O) groups is 3. The Labute approximate surface area is 230 Å². The second-order valence-electron chi connectivity index (χ2n) is 11.1. The Bertz CT molecular complexity index is 1200. The summed E-state index contributed by atoms with van der Waals surface area (Å²) in [7, 11) is 1.65. The first-order valence-electron chi connectivity index (χ1n) is 14.2. The molecule has 2 aromatic rings. The van der Waals surface area contributed by atoms with Crippen LogP contribution in [0.1, 0.15) is 73.3 Å². The van der Waals surface area contributed by atoms with Gasteiger partial charge in [-0.2, -0.15) is 5.10 Å². The smallest absolute Gasteiger partial charge is 0.274 e. The largest absolute Gasteiger partial charge is 0.497 e. The zero-order valence-corrected chi connectivity index (χ0v) is 23.3. The number of fused-ring (bicyclic) bond motifs is 1. The van der Waals surface area contributed by atoms with E-state index in [1.54, 1.807) is 27.7 Å². The van der Waals surface area contributed by atoms with Gasteiger partial charge in [0.1, 0.15) is 17.0 Å². The minimum atomic E-state index is -1.06. The van der Waals surface area contributed by atoms with Crippen LogP contribution in [0.4, 0.5) is 5.69 Å². The Balaban J connectivity index is 1.30. The molecule has 5 rings (SSSR count). The quantitative estimate of drug-likeness (QED) is 0.557. The van der Waals surface area contributed by atoms with Gasteiger partial charge in [0.15, 0.2) is 5.69 Å². The molecule has 10 nitrogen and oxygen atoms in total. The molecule has 1 atom stereocenters. The normalized spacial score (nSPS) is 21.7. The van der Waals surface area contributed by atoms with Crippen LogP contribution in [-0.4, -0.2) is 88.7 Å². The van der Waals surface area contributed by atoms with Gasteiger partial charge in [-0.25, -0.2) is 0 Å². The number of nitrogens with zero attached hydrogens (tertiary/aromatic N) is 5. The molecule has 0 radical (unpaired) electrons. The molecule has 2 aliphatic heterocycles. The first-order valence-corrected chi connectivity index (χ1v) is 14.2. The van der Waals surface area contributed by atoms with Crippen molar-refractivity contribution >= 4 is 23.4 Å². The molecular formula is C29H40N6O4. The average Bonchev–Trinajstić information content (AvgIpc) is 3.63. The van der Waals surface area contributed by atoms with Crippen molar-refractivity contribution in [3.05, 3.63) is 41.7 Å². The van der Waals surface area contributed by atoms with E-state index in [9.17, 15) is 14.4 Å². The van der Waals surface area contributed by atoms with Gasteiger partial charge in [-0.1, -0.05) is 26.2 Å². The maximum atomic E-state index is 13.7. The topological polar surface area (TPSA) is 100 Å². The van der Waals surface area contributed by atoms with Gasteiger partial charge in [-0.05, 0) is 50.5 Å². The lowest BCUT2D eigenvalue weighted by molar-refractivity contribution is -0.133. The summed E-state index contributed by atoms with van der Waals surface area (Å²) in [6.07, 6.45) is 5.89. The summed E-state index contributed by atoms with van der Waals surface area (Å²) < 4.78 is 6.82. The van der Waals surface area contributed by atoms with Crippen LogP contribution in [-0.2, 0) is 11.3 Å². The van der Waals surface area contributed by atoms with E-state index in [4.69, 9.17) is 4.74 Å². The van der Waals surface area contributed by atoms with Gasteiger partial charge >= 0.3 is 0 Å². The molecule has 1 unspecified atom stereocenters. The fraction of sp³-hybridized carbons (Fsp3) is 0.586. The van der Waals surface area contributed by atoms with Crippen LogP contribution in [0.25, 0.3) is 0 Å². The maximum Gasteiger partial charge on any atom is 0.274 e. The van der Waals surface area contributed by atoms with E-state index in [1.807, 2.05) is 31.2 Å². The fourth-order valence-corrected chi connectivity index (χ4v) is 5.95. The van der Waals surface area contributed by atoms with Crippen molar-refractivity contribution in [2.45, 2.75) is 70.5 Å². The van der Waals surface area contributed by atoms with Crippen LogP contribution in [0.15, 0.2) is 30.3 Å². The fourth-order valence-electron chi connectivity index (χ4n) is 5.95. The van der Waals surface area contributed by atoms with E-state index in [0.717, 1.165) is 50.0 Å². The molecule has 1 N–H and O–H groups in total. The third kappa shape index (κ3) is 5.33. The number of hydrogen-bond acceptors (Lipinski definition) is 6. The summed E-state index contributed by atoms with van der Waals surface area (Å²) in [5.41, 5.74) is 0.663. The molecule has 39 heavy (non-hydrogen) atoms. The zero-order valence-electron chi connectivity index (χ0n) is 23.3. The van der Waals surface area contributed by atoms with Gasteiger partial charge in [0.05, 0.1) is 13.7 Å². The first kappa shape index (κ1) is 27.0. The van der Waals surface area contributed by atoms with E-state index in [0.29, 0.717) is 38.4 Å². The molecule has 3 aliphatic rings. The number of amides is 3. The number of ether oxygens (including phenoxy) is 1. The van der Waals surface area contributed by atoms with Crippen LogP contribution in [0.3, 0.4) is 0 Å². The summed E-state index contributed by atoms with van der Waals surface area (Å²) in [4.78, 5) is 46.4. The summed E-state index contributed by atoms with van der Waals surface area (Å²) in [6, 6.07) is 9.68. The lowest BCUT2D eigenvalue weighted by Crippen LogP contribution is -2.65. The van der Waals surface area contributed by atoms with Gasteiger partial charge in [-0.3, -0.25) is 19.1 Å². The molecule has 210 valence electrons. The molecule has 1 aliphatic carbocycles. The predicted octanol–water partition coefficient (Wildman–Crippen LogP) is 2.93. The minimum Gasteiger partial charge on any atom is -0.497 e. The van der Waals surface area contributed by atoms with Crippen LogP contribution >= 0.6 is 0 Å². The monoisotopic (exact) mass is 536 g/mol. The number of rotatable bonds is 8. The molecular weight excluding hydrogens is 496 g/mol. The van der Waals surface area contributed by atoms with Crippen LogP contribution in [0.2, 0.25) is 0 Å². The summed E-state index contributed by atoms with van der Waals surface area (Å²) >= 11 is 0. The molecule has 0 spiro atoms. The van der Waals surface area contributed by atoms with E-state index in [2.05, 4.69) is 22.2 Å². The molecule has 1 aromatic heterocycles. The van der Waals surface area contributed by atoms with E-state index in [1.165, 1.54) is 0 Å². The highest BCUT2D eigenvalue weighted by atomic mass is 16.5. The first-order chi connectivity index (χ1) is 18.8. The Morgan fingerprint density at radius 2 is 1.79 bits per heavy atom. The Hall–Kier alpha value is -3.56. The minimum absolute atomic E-state index is 0.137. The standard InChI is InChI=1S/C29H40N6O4/c1-4-5-14-34-27(37)25-19-24(31-35(25)20-29(34,2)28(38)30-21-8-6-7-9-21)26(36)33-17-15-32(16-18-33)22-10-12-23(39-3)13-11-22/h10-13,19,21H,4-9,14-18,20H2,1-3H3,(H,30,38). The third-order valence-electron chi connectivity index (χ3n) is 8.44. The van der Waals surface area contributed by atoms with Gasteiger partial charge in [0, 0.05) is 50.5 Å². The lowest BCUT2D eigenvalue weighted by atomic mass is 9.94. The number of unbranched alkanes of at least 4 members (excludes halogenated alkanes) is 1. The van der Waals surface area contributed by atoms with Crippen molar-refractivity contribution in [2.75, 3.05) is 44.7 Å². The van der Waals surface area contributed by atoms with Crippen LogP contribution < -0.4 is 15.0 Å². The van der Waals surface area contributed by atoms with Crippen LogP contribution in [0.5, 0.6) is 5.75 Å². The number of piperazine rings is 1. The highest BCUT2D eigenvalue weighted by Crippen LogP contribution is 2.30. The third-order valence-corrected chi connectivity index (χ3v) is 8.44. The second kappa shape index (κ2) is 11.3. The van der Waals surface area contributed by atoms with Crippen molar-refractivity contribution in [3.63, 3.8) is 0 Å². The van der Waals surface area contributed by atoms with Crippen molar-refractivity contribution < 1.29 is 19.1 Å². The van der Waals surface area contributed by atoms with Crippen molar-refractivity contribution in [2.24, 2.45) is 0 Å². The Morgan fingerprint density at radius 1 is 1.10 bits per heavy atom. The molecule has 0 bridgehead atoms. The lowest BCUT2D eigenvalue weighted by Gasteiger charge is -2.43. The SMILES string of the molecule is CCCCN1C(=O)c2cc(C(=O)N3CCN(c4ccc(OC)cc4)CC3)nn2CC1(C)C(=O)NC1CCCC1. The number of anilines is 1. The van der Waals surface area contributed by atoms with Gasteiger partial charge in [-0.15, -0.1) is 0 Å². The van der Waals surface area contributed by atoms with Crippen molar-refractivity contribution in [1.29, 1.82) is 0 Å².